The molecule has 4 saturated carbocycles. The van der Waals surface area contributed by atoms with Crippen molar-refractivity contribution in [1.29, 1.82) is 0 Å². The molecular weight excluding hydrogens is 302 g/mol. The molecule has 0 aliphatic heterocycles. The van der Waals surface area contributed by atoms with Crippen LogP contribution in [0.4, 0.5) is 0 Å². The van der Waals surface area contributed by atoms with Crippen molar-refractivity contribution < 1.29 is 0 Å². The smallest absolute Gasteiger partial charge is 0.00739 e. The van der Waals surface area contributed by atoms with E-state index in [1.165, 1.54) is 51.4 Å². The lowest BCUT2D eigenvalue weighted by Gasteiger charge is -2.62. The normalized spacial score (nSPS) is 37.7. The van der Waals surface area contributed by atoms with Crippen LogP contribution in [0.15, 0.2) is 24.3 Å². The third kappa shape index (κ3) is 2.85. The van der Waals surface area contributed by atoms with Crippen molar-refractivity contribution in [3.8, 4) is 0 Å². The highest BCUT2D eigenvalue weighted by atomic mass is 35.5. The number of nitrogens with two attached hydrogens (primary N) is 1. The number of benzene rings is 1. The minimum absolute atomic E-state index is 0. The quantitative estimate of drug-likeness (QED) is 0.775. The second-order valence-electron chi connectivity index (χ2n) is 8.39. The van der Waals surface area contributed by atoms with Gasteiger partial charge in [-0.2, -0.15) is 0 Å². The van der Waals surface area contributed by atoms with E-state index in [1.807, 2.05) is 0 Å². The predicted molar refractivity (Wildman–Crippen MR) is 100 cm³/mol. The molecule has 0 heterocycles. The standard InChI is InChI=1S/C21H31N.ClH/c1-2-17-6-3-4-7-19(17)20-18-11-15-10-16(12-18)14-21(20,13-15)8-5-9-22;/h3-4,6-7,15-16,18,20H,2,5,8-14,22H2,1H3;1H. The molecule has 5 rings (SSSR count). The van der Waals surface area contributed by atoms with Crippen LogP contribution < -0.4 is 5.73 Å². The van der Waals surface area contributed by atoms with Crippen molar-refractivity contribution in [2.75, 3.05) is 6.54 Å². The molecule has 0 amide bonds. The van der Waals surface area contributed by atoms with Gasteiger partial charge in [-0.1, -0.05) is 31.2 Å². The molecule has 1 aromatic carbocycles. The molecule has 0 saturated heterocycles. The summed E-state index contributed by atoms with van der Waals surface area (Å²) in [6.45, 7) is 3.19. The molecule has 0 radical (unpaired) electrons. The Hall–Kier alpha value is -0.530. The topological polar surface area (TPSA) is 26.0 Å². The van der Waals surface area contributed by atoms with Crippen LogP contribution in [0.25, 0.3) is 0 Å². The van der Waals surface area contributed by atoms with Crippen LogP contribution >= 0.6 is 12.4 Å². The van der Waals surface area contributed by atoms with E-state index in [2.05, 4.69) is 31.2 Å². The van der Waals surface area contributed by atoms with Crippen LogP contribution in [0.1, 0.15) is 68.9 Å². The second-order valence-corrected chi connectivity index (χ2v) is 8.39. The van der Waals surface area contributed by atoms with Gasteiger partial charge in [-0.25, -0.2) is 0 Å². The number of aryl methyl sites for hydroxylation is 1. The first kappa shape index (κ1) is 17.3. The van der Waals surface area contributed by atoms with E-state index < -0.39 is 0 Å². The summed E-state index contributed by atoms with van der Waals surface area (Å²) in [7, 11) is 0. The van der Waals surface area contributed by atoms with E-state index in [0.717, 1.165) is 30.2 Å². The van der Waals surface area contributed by atoms with Gasteiger partial charge in [-0.05, 0) is 98.1 Å². The summed E-state index contributed by atoms with van der Waals surface area (Å²) in [5, 5.41) is 0. The minimum atomic E-state index is 0. The Bertz CT molecular complexity index is 526. The highest BCUT2D eigenvalue weighted by molar-refractivity contribution is 5.85. The van der Waals surface area contributed by atoms with Crippen LogP contribution in [-0.4, -0.2) is 6.54 Å². The first-order chi connectivity index (χ1) is 10.8. The van der Waals surface area contributed by atoms with Gasteiger partial charge in [0.1, 0.15) is 0 Å². The molecule has 4 bridgehead atoms. The summed E-state index contributed by atoms with van der Waals surface area (Å²) in [6, 6.07) is 9.33. The zero-order chi connectivity index (χ0) is 15.2. The molecule has 2 heteroatoms. The van der Waals surface area contributed by atoms with Crippen molar-refractivity contribution >= 4 is 12.4 Å². The van der Waals surface area contributed by atoms with Gasteiger partial charge in [0.25, 0.3) is 0 Å². The number of rotatable bonds is 5. The van der Waals surface area contributed by atoms with E-state index >= 15 is 0 Å². The molecule has 3 atom stereocenters. The molecule has 0 spiro atoms. The van der Waals surface area contributed by atoms with Crippen molar-refractivity contribution in [2.45, 2.75) is 64.2 Å². The lowest BCUT2D eigenvalue weighted by molar-refractivity contribution is -0.0808. The average molecular weight is 334 g/mol. The van der Waals surface area contributed by atoms with Crippen molar-refractivity contribution in [2.24, 2.45) is 28.9 Å². The largest absolute Gasteiger partial charge is 0.330 e. The molecule has 1 nitrogen and oxygen atoms in total. The molecule has 4 aliphatic carbocycles. The van der Waals surface area contributed by atoms with Gasteiger partial charge < -0.3 is 5.73 Å². The minimum Gasteiger partial charge on any atom is -0.330 e. The number of hydrogen-bond donors (Lipinski definition) is 1. The Morgan fingerprint density at radius 2 is 1.78 bits per heavy atom. The third-order valence-electron chi connectivity index (χ3n) is 7.11. The molecule has 4 aliphatic rings. The van der Waals surface area contributed by atoms with Crippen molar-refractivity contribution in [3.05, 3.63) is 35.4 Å². The molecule has 0 aromatic heterocycles. The fraction of sp³-hybridized carbons (Fsp3) is 0.714. The summed E-state index contributed by atoms with van der Waals surface area (Å²) >= 11 is 0. The number of hydrogen-bond acceptors (Lipinski definition) is 1. The third-order valence-corrected chi connectivity index (χ3v) is 7.11. The summed E-state index contributed by atoms with van der Waals surface area (Å²) in [4.78, 5) is 0. The Morgan fingerprint density at radius 3 is 2.43 bits per heavy atom. The van der Waals surface area contributed by atoms with Gasteiger partial charge in [0.05, 0.1) is 0 Å². The predicted octanol–water partition coefficient (Wildman–Crippen LogP) is 5.32. The average Bonchev–Trinajstić information content (AvgIpc) is 2.52. The fourth-order valence-corrected chi connectivity index (χ4v) is 6.77. The van der Waals surface area contributed by atoms with E-state index in [0.29, 0.717) is 5.41 Å². The SMILES string of the molecule is CCc1ccccc1C1C2CC3CC(C2)CC1(CCCN)C3.Cl. The Kier molecular flexibility index (Phi) is 5.09. The molecule has 128 valence electrons. The van der Waals surface area contributed by atoms with Crippen LogP contribution in [0.3, 0.4) is 0 Å². The lowest BCUT2D eigenvalue weighted by Crippen LogP contribution is -2.51. The molecule has 4 fully saturated rings. The van der Waals surface area contributed by atoms with Crippen LogP contribution in [0.2, 0.25) is 0 Å². The van der Waals surface area contributed by atoms with Gasteiger partial charge in [-0.3, -0.25) is 0 Å². The van der Waals surface area contributed by atoms with Crippen LogP contribution in [0.5, 0.6) is 0 Å². The molecule has 3 unspecified atom stereocenters. The van der Waals surface area contributed by atoms with Crippen LogP contribution in [0, 0.1) is 23.2 Å². The van der Waals surface area contributed by atoms with E-state index in [9.17, 15) is 0 Å². The molecule has 1 aromatic rings. The second kappa shape index (κ2) is 6.76. The van der Waals surface area contributed by atoms with Gasteiger partial charge in [0.2, 0.25) is 0 Å². The molecular formula is C21H32ClN. The maximum Gasteiger partial charge on any atom is -0.00739 e. The van der Waals surface area contributed by atoms with Crippen LogP contribution in [-0.2, 0) is 6.42 Å². The Balaban J connectivity index is 0.00000156. The van der Waals surface area contributed by atoms with Gasteiger partial charge in [0.15, 0.2) is 0 Å². The highest BCUT2D eigenvalue weighted by Gasteiger charge is 2.56. The summed E-state index contributed by atoms with van der Waals surface area (Å²) in [5.74, 6) is 3.83. The first-order valence-corrected chi connectivity index (χ1v) is 9.53. The zero-order valence-electron chi connectivity index (χ0n) is 14.5. The van der Waals surface area contributed by atoms with E-state index in [4.69, 9.17) is 5.73 Å². The van der Waals surface area contributed by atoms with Gasteiger partial charge >= 0.3 is 0 Å². The van der Waals surface area contributed by atoms with E-state index in [-0.39, 0.29) is 12.4 Å². The van der Waals surface area contributed by atoms with Gasteiger partial charge in [0, 0.05) is 0 Å². The summed E-state index contributed by atoms with van der Waals surface area (Å²) in [6.07, 6.45) is 11.3. The van der Waals surface area contributed by atoms with Crippen molar-refractivity contribution in [3.63, 3.8) is 0 Å². The maximum absolute atomic E-state index is 5.90. The Labute approximate surface area is 147 Å². The zero-order valence-corrected chi connectivity index (χ0v) is 15.3. The van der Waals surface area contributed by atoms with Gasteiger partial charge in [-0.15, -0.1) is 12.4 Å². The lowest BCUT2D eigenvalue weighted by atomic mass is 9.43. The monoisotopic (exact) mass is 333 g/mol. The summed E-state index contributed by atoms with van der Waals surface area (Å²) < 4.78 is 0. The molecule has 2 N–H and O–H groups in total. The van der Waals surface area contributed by atoms with Crippen molar-refractivity contribution in [1.82, 2.24) is 0 Å². The van der Waals surface area contributed by atoms with E-state index in [1.54, 1.807) is 11.1 Å². The fourth-order valence-electron chi connectivity index (χ4n) is 6.77. The molecule has 23 heavy (non-hydrogen) atoms. The first-order valence-electron chi connectivity index (χ1n) is 9.53. The Morgan fingerprint density at radius 1 is 1.09 bits per heavy atom. The number of halogens is 1. The maximum atomic E-state index is 5.90. The summed E-state index contributed by atoms with van der Waals surface area (Å²) in [5.41, 5.74) is 9.78. The highest BCUT2D eigenvalue weighted by Crippen LogP contribution is 2.67.